The molecule has 38 heavy (non-hydrogen) atoms. The molecule has 0 unspecified atom stereocenters. The average molecular weight is 566 g/mol. The van der Waals surface area contributed by atoms with E-state index in [1.807, 2.05) is 11.3 Å². The molecule has 178 valence electrons. The quantitative estimate of drug-likeness (QED) is 0.183. The van der Waals surface area contributed by atoms with Crippen molar-refractivity contribution >= 4 is 79.8 Å². The van der Waals surface area contributed by atoms with Gasteiger partial charge in [0.15, 0.2) is 0 Å². The number of thiophene rings is 1. The summed E-state index contributed by atoms with van der Waals surface area (Å²) in [5.41, 5.74) is 4.93. The third-order valence-corrected chi connectivity index (χ3v) is 9.26. The van der Waals surface area contributed by atoms with E-state index >= 15 is 0 Å². The number of benzene rings is 7. The standard InChI is InChI=1S/C36H21BrS/c37-27-18-25(17-26(19-27)32-21-24-8-2-3-9-28(24)30-11-5-6-12-31(30)32)23-14-15-34-33(20-23)36-29-10-4-1-7-22(29)13-16-35(36)38-34/h1-21H. The van der Waals surface area contributed by atoms with Gasteiger partial charge in [-0.2, -0.15) is 0 Å². The van der Waals surface area contributed by atoms with E-state index in [0.717, 1.165) is 4.47 Å². The van der Waals surface area contributed by atoms with E-state index in [-0.39, 0.29) is 0 Å². The molecule has 7 aromatic carbocycles. The Morgan fingerprint density at radius 2 is 1.11 bits per heavy atom. The van der Waals surface area contributed by atoms with Crippen LogP contribution in [0.5, 0.6) is 0 Å². The van der Waals surface area contributed by atoms with Crippen LogP contribution in [0.3, 0.4) is 0 Å². The highest BCUT2D eigenvalue weighted by Crippen LogP contribution is 2.42. The van der Waals surface area contributed by atoms with E-state index < -0.39 is 0 Å². The van der Waals surface area contributed by atoms with E-state index in [1.165, 1.54) is 74.7 Å². The Morgan fingerprint density at radius 1 is 0.421 bits per heavy atom. The number of hydrogen-bond donors (Lipinski definition) is 0. The van der Waals surface area contributed by atoms with Crippen LogP contribution in [-0.4, -0.2) is 0 Å². The Morgan fingerprint density at radius 3 is 1.97 bits per heavy atom. The minimum absolute atomic E-state index is 1.09. The molecule has 8 aromatic rings. The first-order valence-corrected chi connectivity index (χ1v) is 14.4. The van der Waals surface area contributed by atoms with Crippen molar-refractivity contribution in [3.63, 3.8) is 0 Å². The van der Waals surface area contributed by atoms with Gasteiger partial charge < -0.3 is 0 Å². The molecule has 0 saturated carbocycles. The highest BCUT2D eigenvalue weighted by atomic mass is 79.9. The van der Waals surface area contributed by atoms with E-state index in [4.69, 9.17) is 0 Å². The smallest absolute Gasteiger partial charge is 0.0361 e. The summed E-state index contributed by atoms with van der Waals surface area (Å²) in [7, 11) is 0. The molecule has 0 spiro atoms. The maximum atomic E-state index is 3.84. The predicted molar refractivity (Wildman–Crippen MR) is 170 cm³/mol. The minimum Gasteiger partial charge on any atom is -0.135 e. The monoisotopic (exact) mass is 564 g/mol. The van der Waals surface area contributed by atoms with E-state index in [1.54, 1.807) is 0 Å². The van der Waals surface area contributed by atoms with Crippen LogP contribution in [0.4, 0.5) is 0 Å². The maximum absolute atomic E-state index is 3.84. The lowest BCUT2D eigenvalue weighted by molar-refractivity contribution is 1.60. The Hall–Kier alpha value is -3.98. The molecule has 2 heteroatoms. The molecule has 0 aliphatic carbocycles. The SMILES string of the molecule is Brc1cc(-c2ccc3sc4ccc5ccccc5c4c3c2)cc(-c2cc3ccccc3c3ccccc23)c1. The zero-order valence-electron chi connectivity index (χ0n) is 20.4. The van der Waals surface area contributed by atoms with Crippen molar-refractivity contribution in [3.8, 4) is 22.3 Å². The Labute approximate surface area is 232 Å². The van der Waals surface area contributed by atoms with Crippen molar-refractivity contribution in [2.24, 2.45) is 0 Å². The van der Waals surface area contributed by atoms with Crippen molar-refractivity contribution in [1.29, 1.82) is 0 Å². The molecule has 1 heterocycles. The molecule has 8 rings (SSSR count). The van der Waals surface area contributed by atoms with Gasteiger partial charge in [0.25, 0.3) is 0 Å². The van der Waals surface area contributed by atoms with Gasteiger partial charge >= 0.3 is 0 Å². The number of rotatable bonds is 2. The Balaban J connectivity index is 1.37. The largest absolute Gasteiger partial charge is 0.135 e. The average Bonchev–Trinajstić information content (AvgIpc) is 3.35. The summed E-state index contributed by atoms with van der Waals surface area (Å²) in [5, 5.41) is 10.4. The summed E-state index contributed by atoms with van der Waals surface area (Å²) in [6, 6.07) is 46.7. The first kappa shape index (κ1) is 22.0. The van der Waals surface area contributed by atoms with Gasteiger partial charge in [-0.05, 0) is 97.0 Å². The van der Waals surface area contributed by atoms with Crippen molar-refractivity contribution in [2.45, 2.75) is 0 Å². The molecular weight excluding hydrogens is 544 g/mol. The van der Waals surface area contributed by atoms with Crippen molar-refractivity contribution in [3.05, 3.63) is 132 Å². The lowest BCUT2D eigenvalue weighted by Gasteiger charge is -2.13. The molecule has 0 saturated heterocycles. The highest BCUT2D eigenvalue weighted by molar-refractivity contribution is 9.10. The molecule has 0 radical (unpaired) electrons. The van der Waals surface area contributed by atoms with Gasteiger partial charge in [-0.3, -0.25) is 0 Å². The van der Waals surface area contributed by atoms with Gasteiger partial charge in [-0.25, -0.2) is 0 Å². The van der Waals surface area contributed by atoms with Gasteiger partial charge in [0.1, 0.15) is 0 Å². The molecule has 0 N–H and O–H groups in total. The van der Waals surface area contributed by atoms with Crippen LogP contribution in [-0.2, 0) is 0 Å². The number of fused-ring (bicyclic) bond motifs is 8. The van der Waals surface area contributed by atoms with Crippen molar-refractivity contribution < 1.29 is 0 Å². The molecule has 0 atom stereocenters. The second-order valence-electron chi connectivity index (χ2n) is 9.89. The van der Waals surface area contributed by atoms with Gasteiger partial charge in [0.05, 0.1) is 0 Å². The summed E-state index contributed by atoms with van der Waals surface area (Å²) in [4.78, 5) is 0. The van der Waals surface area contributed by atoms with Crippen LogP contribution in [0.2, 0.25) is 0 Å². The van der Waals surface area contributed by atoms with E-state index in [2.05, 4.69) is 143 Å². The third kappa shape index (κ3) is 3.41. The molecule has 0 fully saturated rings. The summed E-state index contributed by atoms with van der Waals surface area (Å²) < 4.78 is 3.76. The highest BCUT2D eigenvalue weighted by Gasteiger charge is 2.13. The molecule has 0 aliphatic rings. The summed E-state index contributed by atoms with van der Waals surface area (Å²) in [5.74, 6) is 0. The van der Waals surface area contributed by atoms with Gasteiger partial charge in [-0.1, -0.05) is 101 Å². The summed E-state index contributed by atoms with van der Waals surface area (Å²) in [6.07, 6.45) is 0. The number of hydrogen-bond acceptors (Lipinski definition) is 1. The third-order valence-electron chi connectivity index (χ3n) is 7.67. The fourth-order valence-corrected chi connectivity index (χ4v) is 7.53. The predicted octanol–water partition coefficient (Wildman–Crippen LogP) is 11.6. The zero-order valence-corrected chi connectivity index (χ0v) is 22.8. The van der Waals surface area contributed by atoms with Crippen LogP contribution in [0.25, 0.3) is 74.7 Å². The summed E-state index contributed by atoms with van der Waals surface area (Å²) in [6.45, 7) is 0. The van der Waals surface area contributed by atoms with Crippen LogP contribution in [0.15, 0.2) is 132 Å². The molecular formula is C36H21BrS. The number of halogens is 1. The van der Waals surface area contributed by atoms with Crippen LogP contribution >= 0.6 is 27.3 Å². The van der Waals surface area contributed by atoms with Crippen LogP contribution < -0.4 is 0 Å². The fourth-order valence-electron chi connectivity index (χ4n) is 5.93. The zero-order chi connectivity index (χ0) is 25.2. The van der Waals surface area contributed by atoms with Gasteiger partial charge in [0.2, 0.25) is 0 Å². The topological polar surface area (TPSA) is 0 Å². The Bertz CT molecular complexity index is 2200. The fraction of sp³-hybridized carbons (Fsp3) is 0. The van der Waals surface area contributed by atoms with Gasteiger partial charge in [0, 0.05) is 24.6 Å². The second kappa shape index (κ2) is 8.52. The van der Waals surface area contributed by atoms with Crippen molar-refractivity contribution in [2.75, 3.05) is 0 Å². The van der Waals surface area contributed by atoms with Crippen LogP contribution in [0, 0.1) is 0 Å². The van der Waals surface area contributed by atoms with E-state index in [0.29, 0.717) is 0 Å². The molecule has 1 aromatic heterocycles. The lowest BCUT2D eigenvalue weighted by Crippen LogP contribution is -1.87. The molecule has 0 aliphatic heterocycles. The normalized spacial score (nSPS) is 11.8. The maximum Gasteiger partial charge on any atom is 0.0361 e. The summed E-state index contributed by atoms with van der Waals surface area (Å²) >= 11 is 5.71. The minimum atomic E-state index is 1.09. The van der Waals surface area contributed by atoms with Crippen molar-refractivity contribution in [1.82, 2.24) is 0 Å². The van der Waals surface area contributed by atoms with Gasteiger partial charge in [-0.15, -0.1) is 11.3 Å². The molecule has 0 amide bonds. The lowest BCUT2D eigenvalue weighted by atomic mass is 9.91. The van der Waals surface area contributed by atoms with E-state index in [9.17, 15) is 0 Å². The first-order valence-electron chi connectivity index (χ1n) is 12.8. The Kier molecular flexibility index (Phi) is 4.95. The molecule has 0 bridgehead atoms. The van der Waals surface area contributed by atoms with Crippen LogP contribution in [0.1, 0.15) is 0 Å². The first-order chi connectivity index (χ1) is 18.7. The molecule has 0 nitrogen and oxygen atoms in total. The second-order valence-corrected chi connectivity index (χ2v) is 11.9.